The monoisotopic (exact) mass is 230 g/mol. The zero-order chi connectivity index (χ0) is 11.8. The van der Waals surface area contributed by atoms with Crippen LogP contribution in [0.5, 0.6) is 5.75 Å². The number of rotatable bonds is 3. The highest BCUT2D eigenvalue weighted by molar-refractivity contribution is 5.94. The van der Waals surface area contributed by atoms with E-state index in [9.17, 15) is 0 Å². The molecule has 1 saturated carbocycles. The lowest BCUT2D eigenvalue weighted by molar-refractivity contribution is 0.303. The second-order valence-electron chi connectivity index (χ2n) is 4.37. The van der Waals surface area contributed by atoms with E-state index < -0.39 is 0 Å². The fourth-order valence-corrected chi connectivity index (χ4v) is 1.81. The third-order valence-corrected chi connectivity index (χ3v) is 2.90. The Balaban J connectivity index is 2.03. The average molecular weight is 230 g/mol. The number of benzene rings is 1. The summed E-state index contributed by atoms with van der Waals surface area (Å²) < 4.78 is 5.76. The fraction of sp³-hybridized carbons (Fsp3) is 0.333. The van der Waals surface area contributed by atoms with Crippen LogP contribution in [-0.4, -0.2) is 16.6 Å². The molecule has 5 heteroatoms. The maximum absolute atomic E-state index is 5.87. The molecule has 17 heavy (non-hydrogen) atoms. The van der Waals surface area contributed by atoms with Gasteiger partial charge in [-0.3, -0.25) is 0 Å². The molecule has 0 radical (unpaired) electrons. The van der Waals surface area contributed by atoms with E-state index in [0.717, 1.165) is 23.3 Å². The molecule has 3 rings (SSSR count). The Bertz CT molecular complexity index is 566. The Kier molecular flexibility index (Phi) is 2.24. The molecule has 0 saturated heterocycles. The molecule has 0 amide bonds. The summed E-state index contributed by atoms with van der Waals surface area (Å²) in [5, 5.41) is 0.752. The van der Waals surface area contributed by atoms with E-state index in [0.29, 0.717) is 11.7 Å². The number of nitrogen functional groups attached to an aromatic ring is 2. The molecule has 5 nitrogen and oxygen atoms in total. The zero-order valence-corrected chi connectivity index (χ0v) is 9.39. The first-order chi connectivity index (χ1) is 8.24. The number of hydrogen-bond acceptors (Lipinski definition) is 5. The number of ether oxygens (including phenoxy) is 1. The minimum atomic E-state index is 0.189. The quantitative estimate of drug-likeness (QED) is 0.835. The van der Waals surface area contributed by atoms with Crippen molar-refractivity contribution >= 4 is 22.7 Å². The number of nitrogens with two attached hydrogens (primary N) is 2. The summed E-state index contributed by atoms with van der Waals surface area (Å²) in [7, 11) is 0. The van der Waals surface area contributed by atoms with E-state index in [4.69, 9.17) is 16.2 Å². The molecular weight excluding hydrogens is 216 g/mol. The molecule has 1 aromatic heterocycles. The summed E-state index contributed by atoms with van der Waals surface area (Å²) in [5.41, 5.74) is 12.2. The number of aromatic nitrogens is 2. The van der Waals surface area contributed by atoms with Gasteiger partial charge in [0.2, 0.25) is 5.95 Å². The summed E-state index contributed by atoms with van der Waals surface area (Å²) in [6, 6.07) is 5.63. The average Bonchev–Trinajstić information content (AvgIpc) is 3.09. The standard InChI is InChI=1S/C12H14N4O/c13-11-10-8(15-12(14)16-11)2-1-3-9(10)17-6-7-4-5-7/h1-3,7H,4-6H2,(H4,13,14,15,16). The van der Waals surface area contributed by atoms with Crippen LogP contribution in [-0.2, 0) is 0 Å². The molecular formula is C12H14N4O. The lowest BCUT2D eigenvalue weighted by Gasteiger charge is -2.10. The van der Waals surface area contributed by atoms with Crippen molar-refractivity contribution in [3.63, 3.8) is 0 Å². The molecule has 0 atom stereocenters. The van der Waals surface area contributed by atoms with Crippen LogP contribution in [0.3, 0.4) is 0 Å². The fourth-order valence-electron chi connectivity index (χ4n) is 1.81. The predicted molar refractivity (Wildman–Crippen MR) is 66.6 cm³/mol. The highest BCUT2D eigenvalue weighted by atomic mass is 16.5. The maximum atomic E-state index is 5.87. The van der Waals surface area contributed by atoms with Crippen LogP contribution >= 0.6 is 0 Å². The topological polar surface area (TPSA) is 87.0 Å². The second kappa shape index (κ2) is 3.76. The highest BCUT2D eigenvalue weighted by Gasteiger charge is 2.22. The first kappa shape index (κ1) is 10.1. The van der Waals surface area contributed by atoms with Crippen molar-refractivity contribution in [3.8, 4) is 5.75 Å². The van der Waals surface area contributed by atoms with Gasteiger partial charge in [-0.1, -0.05) is 6.07 Å². The minimum absolute atomic E-state index is 0.189. The van der Waals surface area contributed by atoms with Crippen LogP contribution in [0.2, 0.25) is 0 Å². The van der Waals surface area contributed by atoms with E-state index in [-0.39, 0.29) is 5.95 Å². The molecule has 88 valence electrons. The third kappa shape index (κ3) is 1.95. The van der Waals surface area contributed by atoms with Gasteiger partial charge in [-0.25, -0.2) is 4.98 Å². The van der Waals surface area contributed by atoms with Gasteiger partial charge in [-0.15, -0.1) is 0 Å². The Morgan fingerprint density at radius 2 is 2.06 bits per heavy atom. The van der Waals surface area contributed by atoms with Gasteiger partial charge in [-0.2, -0.15) is 4.98 Å². The molecule has 4 N–H and O–H groups in total. The van der Waals surface area contributed by atoms with Gasteiger partial charge in [0.15, 0.2) is 0 Å². The summed E-state index contributed by atoms with van der Waals surface area (Å²) in [6.07, 6.45) is 2.51. The van der Waals surface area contributed by atoms with Crippen LogP contribution in [0.15, 0.2) is 18.2 Å². The first-order valence-electron chi connectivity index (χ1n) is 5.68. The first-order valence-corrected chi connectivity index (χ1v) is 5.68. The number of hydrogen-bond donors (Lipinski definition) is 2. The Morgan fingerprint density at radius 1 is 1.24 bits per heavy atom. The van der Waals surface area contributed by atoms with Gasteiger partial charge in [0.25, 0.3) is 0 Å². The molecule has 0 spiro atoms. The molecule has 1 fully saturated rings. The lowest BCUT2D eigenvalue weighted by atomic mass is 10.2. The van der Waals surface area contributed by atoms with Crippen molar-refractivity contribution in [2.75, 3.05) is 18.1 Å². The van der Waals surface area contributed by atoms with Crippen LogP contribution in [0.4, 0.5) is 11.8 Å². The minimum Gasteiger partial charge on any atom is -0.492 e. The summed E-state index contributed by atoms with van der Waals surface area (Å²) >= 11 is 0. The Hall–Kier alpha value is -2.04. The van der Waals surface area contributed by atoms with Crippen molar-refractivity contribution in [2.24, 2.45) is 5.92 Å². The van der Waals surface area contributed by atoms with E-state index >= 15 is 0 Å². The van der Waals surface area contributed by atoms with Crippen LogP contribution < -0.4 is 16.2 Å². The molecule has 0 aliphatic heterocycles. The largest absolute Gasteiger partial charge is 0.492 e. The van der Waals surface area contributed by atoms with Crippen LogP contribution in [0, 0.1) is 5.92 Å². The van der Waals surface area contributed by atoms with E-state index in [1.165, 1.54) is 12.8 Å². The van der Waals surface area contributed by atoms with Gasteiger partial charge in [0.1, 0.15) is 11.6 Å². The third-order valence-electron chi connectivity index (χ3n) is 2.90. The van der Waals surface area contributed by atoms with Crippen molar-refractivity contribution in [1.29, 1.82) is 0 Å². The van der Waals surface area contributed by atoms with Crippen LogP contribution in [0.25, 0.3) is 10.9 Å². The van der Waals surface area contributed by atoms with Crippen molar-refractivity contribution in [1.82, 2.24) is 9.97 Å². The summed E-state index contributed by atoms with van der Waals surface area (Å²) in [4.78, 5) is 8.12. The van der Waals surface area contributed by atoms with Gasteiger partial charge in [0.05, 0.1) is 17.5 Å². The van der Waals surface area contributed by atoms with Gasteiger partial charge >= 0.3 is 0 Å². The highest BCUT2D eigenvalue weighted by Crippen LogP contribution is 2.33. The van der Waals surface area contributed by atoms with E-state index in [1.54, 1.807) is 0 Å². The lowest BCUT2D eigenvalue weighted by Crippen LogP contribution is -2.04. The molecule has 2 aromatic rings. The van der Waals surface area contributed by atoms with Crippen molar-refractivity contribution in [2.45, 2.75) is 12.8 Å². The van der Waals surface area contributed by atoms with E-state index in [2.05, 4.69) is 9.97 Å². The summed E-state index contributed by atoms with van der Waals surface area (Å²) in [5.74, 6) is 2.00. The van der Waals surface area contributed by atoms with Crippen molar-refractivity contribution in [3.05, 3.63) is 18.2 Å². The number of nitrogens with zero attached hydrogens (tertiary/aromatic N) is 2. The molecule has 1 heterocycles. The Morgan fingerprint density at radius 3 is 2.82 bits per heavy atom. The van der Waals surface area contributed by atoms with Gasteiger partial charge < -0.3 is 16.2 Å². The summed E-state index contributed by atoms with van der Waals surface area (Å²) in [6.45, 7) is 0.739. The SMILES string of the molecule is Nc1nc(N)c2c(OCC3CC3)cccc2n1. The predicted octanol–water partition coefficient (Wildman–Crippen LogP) is 1.58. The molecule has 0 bridgehead atoms. The Labute approximate surface area is 98.8 Å². The molecule has 1 aliphatic carbocycles. The maximum Gasteiger partial charge on any atom is 0.222 e. The number of fused-ring (bicyclic) bond motifs is 1. The smallest absolute Gasteiger partial charge is 0.222 e. The van der Waals surface area contributed by atoms with Crippen LogP contribution in [0.1, 0.15) is 12.8 Å². The normalized spacial score (nSPS) is 15.1. The van der Waals surface area contributed by atoms with E-state index in [1.807, 2.05) is 18.2 Å². The molecule has 1 aromatic carbocycles. The number of anilines is 2. The second-order valence-corrected chi connectivity index (χ2v) is 4.37. The molecule has 0 unspecified atom stereocenters. The van der Waals surface area contributed by atoms with Gasteiger partial charge in [-0.05, 0) is 30.9 Å². The van der Waals surface area contributed by atoms with Crippen molar-refractivity contribution < 1.29 is 4.74 Å². The zero-order valence-electron chi connectivity index (χ0n) is 9.39. The molecule has 1 aliphatic rings. The van der Waals surface area contributed by atoms with Gasteiger partial charge in [0, 0.05) is 0 Å².